The monoisotopic (exact) mass is 280 g/mol. The van der Waals surface area contributed by atoms with Crippen molar-refractivity contribution in [1.82, 2.24) is 4.90 Å². The third-order valence-electron chi connectivity index (χ3n) is 3.79. The molecule has 0 aromatic carbocycles. The van der Waals surface area contributed by atoms with Gasteiger partial charge in [0.05, 0.1) is 0 Å². The Bertz CT molecular complexity index is 444. The van der Waals surface area contributed by atoms with Gasteiger partial charge in [-0.15, -0.1) is 0 Å². The second kappa shape index (κ2) is 6.19. The van der Waals surface area contributed by atoms with Gasteiger partial charge in [0.1, 0.15) is 6.04 Å². The molecular formula is C14H20N2O2S. The molecule has 2 atom stereocenters. The summed E-state index contributed by atoms with van der Waals surface area (Å²) in [6, 6.07) is 1.64. The zero-order valence-corrected chi connectivity index (χ0v) is 12.0. The van der Waals surface area contributed by atoms with Gasteiger partial charge in [-0.05, 0) is 41.7 Å². The summed E-state index contributed by atoms with van der Waals surface area (Å²) in [5, 5.41) is 4.18. The second-order valence-corrected chi connectivity index (χ2v) is 5.80. The highest BCUT2D eigenvalue weighted by atomic mass is 32.1. The Hall–Kier alpha value is -1.36. The van der Waals surface area contributed by atoms with Crippen LogP contribution in [0.3, 0.4) is 0 Å². The molecule has 0 radical (unpaired) electrons. The van der Waals surface area contributed by atoms with E-state index in [0.717, 1.165) is 12.8 Å². The van der Waals surface area contributed by atoms with Crippen molar-refractivity contribution < 1.29 is 9.59 Å². The summed E-state index contributed by atoms with van der Waals surface area (Å²) in [5.74, 6) is -0.0173. The number of hydrogen-bond donors (Lipinski definition) is 1. The first-order valence-electron chi connectivity index (χ1n) is 6.74. The molecule has 1 aliphatic heterocycles. The molecule has 5 heteroatoms. The summed E-state index contributed by atoms with van der Waals surface area (Å²) in [7, 11) is 0. The summed E-state index contributed by atoms with van der Waals surface area (Å²) in [4.78, 5) is 25.4. The molecule has 1 aromatic rings. The molecule has 1 fully saturated rings. The van der Waals surface area contributed by atoms with Gasteiger partial charge in [0, 0.05) is 18.9 Å². The van der Waals surface area contributed by atoms with Crippen LogP contribution in [0.25, 0.3) is 0 Å². The van der Waals surface area contributed by atoms with Gasteiger partial charge in [0.2, 0.25) is 11.8 Å². The maximum absolute atomic E-state index is 12.2. The molecule has 0 saturated carbocycles. The largest absolute Gasteiger partial charge is 0.368 e. The van der Waals surface area contributed by atoms with Crippen molar-refractivity contribution in [3.05, 3.63) is 22.4 Å². The molecule has 2 heterocycles. The molecule has 104 valence electrons. The SMILES string of the molecule is CCC(C(N)=O)N1CC(c2ccsc2)CCCC1=O. The molecule has 19 heavy (non-hydrogen) atoms. The predicted molar refractivity (Wildman–Crippen MR) is 75.9 cm³/mol. The maximum atomic E-state index is 12.2. The van der Waals surface area contributed by atoms with E-state index in [4.69, 9.17) is 5.73 Å². The van der Waals surface area contributed by atoms with E-state index in [9.17, 15) is 9.59 Å². The fourth-order valence-electron chi connectivity index (χ4n) is 2.73. The van der Waals surface area contributed by atoms with Crippen molar-refractivity contribution in [1.29, 1.82) is 0 Å². The molecule has 0 spiro atoms. The van der Waals surface area contributed by atoms with Crippen LogP contribution in [0, 0.1) is 0 Å². The number of nitrogens with zero attached hydrogens (tertiary/aromatic N) is 1. The Morgan fingerprint density at radius 3 is 3.00 bits per heavy atom. The molecule has 1 aliphatic rings. The standard InChI is InChI=1S/C14H20N2O2S/c1-2-12(14(15)18)16-8-10(4-3-5-13(16)17)11-6-7-19-9-11/h6-7,9-10,12H,2-5,8H2,1H3,(H2,15,18). The van der Waals surface area contributed by atoms with Crippen molar-refractivity contribution in [3.8, 4) is 0 Å². The van der Waals surface area contributed by atoms with Crippen molar-refractivity contribution >= 4 is 23.2 Å². The van der Waals surface area contributed by atoms with Crippen LogP contribution in [0.4, 0.5) is 0 Å². The van der Waals surface area contributed by atoms with Crippen molar-refractivity contribution in [3.63, 3.8) is 0 Å². The van der Waals surface area contributed by atoms with Gasteiger partial charge < -0.3 is 10.6 Å². The highest BCUT2D eigenvalue weighted by Gasteiger charge is 2.31. The molecule has 2 unspecified atom stereocenters. The zero-order valence-electron chi connectivity index (χ0n) is 11.2. The number of primary amides is 1. The number of rotatable bonds is 4. The van der Waals surface area contributed by atoms with E-state index in [1.54, 1.807) is 16.2 Å². The van der Waals surface area contributed by atoms with Gasteiger partial charge in [-0.25, -0.2) is 0 Å². The average molecular weight is 280 g/mol. The summed E-state index contributed by atoms with van der Waals surface area (Å²) in [5.41, 5.74) is 6.69. The van der Waals surface area contributed by atoms with Crippen LogP contribution in [0.15, 0.2) is 16.8 Å². The molecule has 2 amide bonds. The molecule has 2 rings (SSSR count). The molecule has 1 saturated heterocycles. The van der Waals surface area contributed by atoms with Crippen LogP contribution in [0.2, 0.25) is 0 Å². The van der Waals surface area contributed by atoms with Crippen molar-refractivity contribution in [2.75, 3.05) is 6.54 Å². The van der Waals surface area contributed by atoms with E-state index in [0.29, 0.717) is 25.3 Å². The van der Waals surface area contributed by atoms with E-state index in [-0.39, 0.29) is 5.91 Å². The lowest BCUT2D eigenvalue weighted by Gasteiger charge is -2.30. The third kappa shape index (κ3) is 3.15. The van der Waals surface area contributed by atoms with Gasteiger partial charge in [0.25, 0.3) is 0 Å². The first kappa shape index (κ1) is 14.1. The van der Waals surface area contributed by atoms with Crippen LogP contribution in [-0.2, 0) is 9.59 Å². The number of likely N-dealkylation sites (tertiary alicyclic amines) is 1. The number of amides is 2. The number of carbonyl (C=O) groups is 2. The first-order valence-corrected chi connectivity index (χ1v) is 7.68. The third-order valence-corrected chi connectivity index (χ3v) is 4.49. The van der Waals surface area contributed by atoms with Crippen LogP contribution in [-0.4, -0.2) is 29.3 Å². The smallest absolute Gasteiger partial charge is 0.240 e. The van der Waals surface area contributed by atoms with Crippen LogP contribution in [0.5, 0.6) is 0 Å². The summed E-state index contributed by atoms with van der Waals surface area (Å²) in [6.07, 6.45) is 2.97. The summed E-state index contributed by atoms with van der Waals surface area (Å²) in [6.45, 7) is 2.50. The molecule has 2 N–H and O–H groups in total. The average Bonchev–Trinajstić information content (AvgIpc) is 2.83. The van der Waals surface area contributed by atoms with E-state index in [2.05, 4.69) is 16.8 Å². The minimum Gasteiger partial charge on any atom is -0.368 e. The fraction of sp³-hybridized carbons (Fsp3) is 0.571. The van der Waals surface area contributed by atoms with E-state index in [1.165, 1.54) is 5.56 Å². The lowest BCUT2D eigenvalue weighted by molar-refractivity contribution is -0.139. The second-order valence-electron chi connectivity index (χ2n) is 5.02. The molecule has 1 aromatic heterocycles. The molecular weight excluding hydrogens is 260 g/mol. The normalized spacial score (nSPS) is 22.1. The maximum Gasteiger partial charge on any atom is 0.240 e. The van der Waals surface area contributed by atoms with E-state index in [1.807, 2.05) is 6.92 Å². The summed E-state index contributed by atoms with van der Waals surface area (Å²) >= 11 is 1.67. The molecule has 0 bridgehead atoms. The van der Waals surface area contributed by atoms with Crippen LogP contribution < -0.4 is 5.73 Å². The lowest BCUT2D eigenvalue weighted by Crippen LogP contribution is -2.48. The Balaban J connectivity index is 2.20. The zero-order chi connectivity index (χ0) is 13.8. The number of thiophene rings is 1. The fourth-order valence-corrected chi connectivity index (χ4v) is 3.47. The topological polar surface area (TPSA) is 63.4 Å². The van der Waals surface area contributed by atoms with Crippen molar-refractivity contribution in [2.24, 2.45) is 5.73 Å². The van der Waals surface area contributed by atoms with Gasteiger partial charge >= 0.3 is 0 Å². The number of nitrogens with two attached hydrogens (primary N) is 1. The minimum absolute atomic E-state index is 0.0587. The quantitative estimate of drug-likeness (QED) is 0.918. The Labute approximate surface area is 117 Å². The van der Waals surface area contributed by atoms with E-state index < -0.39 is 11.9 Å². The number of hydrogen-bond acceptors (Lipinski definition) is 3. The Morgan fingerprint density at radius 2 is 2.42 bits per heavy atom. The van der Waals surface area contributed by atoms with Gasteiger partial charge in [-0.1, -0.05) is 6.92 Å². The van der Waals surface area contributed by atoms with E-state index >= 15 is 0 Å². The van der Waals surface area contributed by atoms with Crippen LogP contribution in [0.1, 0.15) is 44.1 Å². The Kier molecular flexibility index (Phi) is 4.58. The lowest BCUT2D eigenvalue weighted by atomic mass is 9.96. The van der Waals surface area contributed by atoms with Gasteiger partial charge in [-0.3, -0.25) is 9.59 Å². The summed E-state index contributed by atoms with van der Waals surface area (Å²) < 4.78 is 0. The first-order chi connectivity index (χ1) is 9.13. The highest BCUT2D eigenvalue weighted by molar-refractivity contribution is 7.07. The minimum atomic E-state index is -0.466. The molecule has 0 aliphatic carbocycles. The van der Waals surface area contributed by atoms with Crippen molar-refractivity contribution in [2.45, 2.75) is 44.6 Å². The van der Waals surface area contributed by atoms with Gasteiger partial charge in [0.15, 0.2) is 0 Å². The molecule has 4 nitrogen and oxygen atoms in total. The van der Waals surface area contributed by atoms with Gasteiger partial charge in [-0.2, -0.15) is 11.3 Å². The highest BCUT2D eigenvalue weighted by Crippen LogP contribution is 2.29. The number of carbonyl (C=O) groups excluding carboxylic acids is 2. The Morgan fingerprint density at radius 1 is 1.63 bits per heavy atom. The predicted octanol–water partition coefficient (Wildman–Crippen LogP) is 2.11. The van der Waals surface area contributed by atoms with Crippen LogP contribution >= 0.6 is 11.3 Å².